The molecule has 0 amide bonds. The number of fused-ring (bicyclic) bond motifs is 1. The fourth-order valence-corrected chi connectivity index (χ4v) is 3.28. The smallest absolute Gasteiger partial charge is 0.0721 e. The lowest BCUT2D eigenvalue weighted by Gasteiger charge is -2.37. The maximum absolute atomic E-state index is 5.81. The third-order valence-electron chi connectivity index (χ3n) is 4.27. The Morgan fingerprint density at radius 3 is 2.95 bits per heavy atom. The van der Waals surface area contributed by atoms with Gasteiger partial charge in [-0.3, -0.25) is 14.8 Å². The van der Waals surface area contributed by atoms with E-state index >= 15 is 0 Å². The van der Waals surface area contributed by atoms with Crippen LogP contribution in [0.15, 0.2) is 37.2 Å². The Kier molecular flexibility index (Phi) is 4.45. The molecule has 0 unspecified atom stereocenters. The minimum atomic E-state index is 0.388. The summed E-state index contributed by atoms with van der Waals surface area (Å²) in [5.41, 5.74) is 1.35. The Morgan fingerprint density at radius 2 is 2.15 bits per heavy atom. The molecule has 2 aliphatic rings. The van der Waals surface area contributed by atoms with Gasteiger partial charge >= 0.3 is 0 Å². The highest BCUT2D eigenvalue weighted by Crippen LogP contribution is 2.24. The summed E-state index contributed by atoms with van der Waals surface area (Å²) < 4.78 is 5.81. The van der Waals surface area contributed by atoms with E-state index < -0.39 is 0 Å². The molecule has 2 saturated heterocycles. The van der Waals surface area contributed by atoms with Crippen molar-refractivity contribution in [2.24, 2.45) is 0 Å². The second kappa shape index (κ2) is 6.48. The van der Waals surface area contributed by atoms with Crippen molar-refractivity contribution < 1.29 is 4.74 Å². The molecule has 0 saturated carbocycles. The minimum Gasteiger partial charge on any atom is -0.373 e. The van der Waals surface area contributed by atoms with Gasteiger partial charge in [-0.2, -0.15) is 0 Å². The van der Waals surface area contributed by atoms with E-state index in [1.165, 1.54) is 5.56 Å². The third-order valence-corrected chi connectivity index (χ3v) is 4.27. The molecule has 2 aliphatic heterocycles. The van der Waals surface area contributed by atoms with Crippen LogP contribution in [0, 0.1) is 0 Å². The maximum Gasteiger partial charge on any atom is 0.0721 e. The van der Waals surface area contributed by atoms with Gasteiger partial charge in [-0.15, -0.1) is 6.58 Å². The number of rotatable bonds is 5. The van der Waals surface area contributed by atoms with Crippen LogP contribution in [-0.2, 0) is 11.3 Å². The largest absolute Gasteiger partial charge is 0.373 e. The number of ether oxygens (including phenoxy) is 1. The quantitative estimate of drug-likeness (QED) is 0.761. The number of nitrogens with zero attached hydrogens (tertiary/aromatic N) is 3. The summed E-state index contributed by atoms with van der Waals surface area (Å²) >= 11 is 0. The summed E-state index contributed by atoms with van der Waals surface area (Å²) in [6.07, 6.45) is 7.13. The molecule has 3 heterocycles. The number of hydrogen-bond donors (Lipinski definition) is 0. The monoisotopic (exact) mass is 273 g/mol. The molecule has 4 heteroatoms. The Labute approximate surface area is 121 Å². The average Bonchev–Trinajstić information content (AvgIpc) is 2.88. The summed E-state index contributed by atoms with van der Waals surface area (Å²) in [4.78, 5) is 9.21. The Morgan fingerprint density at radius 1 is 1.30 bits per heavy atom. The zero-order chi connectivity index (χ0) is 13.8. The van der Waals surface area contributed by atoms with Crippen molar-refractivity contribution in [1.29, 1.82) is 0 Å². The van der Waals surface area contributed by atoms with E-state index in [4.69, 9.17) is 4.74 Å². The van der Waals surface area contributed by atoms with Crippen LogP contribution < -0.4 is 0 Å². The van der Waals surface area contributed by atoms with Crippen molar-refractivity contribution in [3.63, 3.8) is 0 Å². The van der Waals surface area contributed by atoms with Crippen molar-refractivity contribution in [3.8, 4) is 0 Å². The molecule has 1 aromatic rings. The fourth-order valence-electron chi connectivity index (χ4n) is 3.28. The van der Waals surface area contributed by atoms with Gasteiger partial charge in [0.25, 0.3) is 0 Å². The number of hydrogen-bond acceptors (Lipinski definition) is 4. The summed E-state index contributed by atoms with van der Waals surface area (Å²) in [5.74, 6) is 0. The summed E-state index contributed by atoms with van der Waals surface area (Å²) in [6, 6.07) is 4.87. The zero-order valence-corrected chi connectivity index (χ0v) is 11.9. The summed E-state index contributed by atoms with van der Waals surface area (Å²) in [6.45, 7) is 9.96. The van der Waals surface area contributed by atoms with Gasteiger partial charge in [0.15, 0.2) is 0 Å². The molecule has 0 bridgehead atoms. The topological polar surface area (TPSA) is 28.6 Å². The molecule has 20 heavy (non-hydrogen) atoms. The third kappa shape index (κ3) is 3.26. The molecule has 3 rings (SSSR count). The van der Waals surface area contributed by atoms with Crippen LogP contribution >= 0.6 is 0 Å². The standard InChI is InChI=1S/C16H23N3O/c1-2-9-20-16-10-15-12-18(7-8-19(15)13-16)11-14-3-5-17-6-4-14/h2-6,15-16H,1,7-13H2/t15-,16+/m1/s1. The van der Waals surface area contributed by atoms with Crippen LogP contribution in [-0.4, -0.2) is 59.7 Å². The van der Waals surface area contributed by atoms with Crippen molar-refractivity contribution in [2.45, 2.75) is 25.1 Å². The minimum absolute atomic E-state index is 0.388. The number of aromatic nitrogens is 1. The van der Waals surface area contributed by atoms with Gasteiger partial charge in [-0.25, -0.2) is 0 Å². The molecule has 0 spiro atoms. The highest BCUT2D eigenvalue weighted by molar-refractivity contribution is 5.10. The molecule has 4 nitrogen and oxygen atoms in total. The molecular weight excluding hydrogens is 250 g/mol. The van der Waals surface area contributed by atoms with Crippen LogP contribution in [0.5, 0.6) is 0 Å². The first-order valence-corrected chi connectivity index (χ1v) is 7.43. The molecule has 2 fully saturated rings. The van der Waals surface area contributed by atoms with Crippen LogP contribution in [0.3, 0.4) is 0 Å². The first-order valence-electron chi connectivity index (χ1n) is 7.43. The highest BCUT2D eigenvalue weighted by atomic mass is 16.5. The van der Waals surface area contributed by atoms with E-state index in [2.05, 4.69) is 33.5 Å². The summed E-state index contributed by atoms with van der Waals surface area (Å²) in [7, 11) is 0. The number of piperazine rings is 1. The lowest BCUT2D eigenvalue weighted by atomic mass is 10.1. The van der Waals surface area contributed by atoms with E-state index in [-0.39, 0.29) is 0 Å². The van der Waals surface area contributed by atoms with Gasteiger partial charge in [-0.05, 0) is 24.1 Å². The maximum atomic E-state index is 5.81. The van der Waals surface area contributed by atoms with E-state index in [1.54, 1.807) is 0 Å². The van der Waals surface area contributed by atoms with Gasteiger partial charge in [-0.1, -0.05) is 6.08 Å². The zero-order valence-electron chi connectivity index (χ0n) is 11.9. The predicted molar refractivity (Wildman–Crippen MR) is 79.4 cm³/mol. The van der Waals surface area contributed by atoms with Gasteiger partial charge in [0, 0.05) is 51.2 Å². The molecule has 1 aromatic heterocycles. The second-order valence-corrected chi connectivity index (χ2v) is 5.72. The molecule has 2 atom stereocenters. The predicted octanol–water partition coefficient (Wildman–Crippen LogP) is 1.54. The van der Waals surface area contributed by atoms with Crippen LogP contribution in [0.4, 0.5) is 0 Å². The normalized spacial score (nSPS) is 27.4. The highest BCUT2D eigenvalue weighted by Gasteiger charge is 2.36. The van der Waals surface area contributed by atoms with E-state index in [0.717, 1.165) is 39.1 Å². The van der Waals surface area contributed by atoms with E-state index in [1.807, 2.05) is 18.5 Å². The van der Waals surface area contributed by atoms with Gasteiger partial charge in [0.05, 0.1) is 12.7 Å². The number of pyridine rings is 1. The van der Waals surface area contributed by atoms with E-state index in [9.17, 15) is 0 Å². The SMILES string of the molecule is C=CCO[C@H]1C[C@@H]2CN(Cc3ccncc3)CCN2C1. The fraction of sp³-hybridized carbons (Fsp3) is 0.562. The first kappa shape index (κ1) is 13.7. The Hall–Kier alpha value is -1.23. The van der Waals surface area contributed by atoms with E-state index in [0.29, 0.717) is 18.8 Å². The van der Waals surface area contributed by atoms with Gasteiger partial charge in [0.2, 0.25) is 0 Å². The molecule has 0 aromatic carbocycles. The molecule has 0 radical (unpaired) electrons. The molecule has 0 aliphatic carbocycles. The average molecular weight is 273 g/mol. The second-order valence-electron chi connectivity index (χ2n) is 5.72. The molecule has 0 N–H and O–H groups in total. The van der Waals surface area contributed by atoms with Crippen molar-refractivity contribution in [3.05, 3.63) is 42.7 Å². The van der Waals surface area contributed by atoms with Crippen LogP contribution in [0.1, 0.15) is 12.0 Å². The first-order chi connectivity index (χ1) is 9.85. The van der Waals surface area contributed by atoms with Crippen molar-refractivity contribution in [2.75, 3.05) is 32.8 Å². The lowest BCUT2D eigenvalue weighted by molar-refractivity contribution is 0.0758. The Balaban J connectivity index is 1.52. The molecular formula is C16H23N3O. The molecule has 108 valence electrons. The van der Waals surface area contributed by atoms with Gasteiger partial charge < -0.3 is 4.74 Å². The van der Waals surface area contributed by atoms with Crippen LogP contribution in [0.25, 0.3) is 0 Å². The lowest BCUT2D eigenvalue weighted by Crippen LogP contribution is -2.49. The Bertz CT molecular complexity index is 437. The van der Waals surface area contributed by atoms with Crippen LogP contribution in [0.2, 0.25) is 0 Å². The van der Waals surface area contributed by atoms with Crippen molar-refractivity contribution in [1.82, 2.24) is 14.8 Å². The van der Waals surface area contributed by atoms with Crippen molar-refractivity contribution >= 4 is 0 Å². The summed E-state index contributed by atoms with van der Waals surface area (Å²) in [5, 5.41) is 0. The van der Waals surface area contributed by atoms with Gasteiger partial charge in [0.1, 0.15) is 0 Å².